The van der Waals surface area contributed by atoms with E-state index in [-0.39, 0.29) is 14.7 Å². The first-order chi connectivity index (χ1) is 9.59. The number of aromatic nitrogens is 2. The smallest absolute Gasteiger partial charge is 0.254 e. The van der Waals surface area contributed by atoms with Gasteiger partial charge in [-0.05, 0) is 30.5 Å². The van der Waals surface area contributed by atoms with Gasteiger partial charge in [0.15, 0.2) is 8.68 Å². The Morgan fingerprint density at radius 2 is 2.10 bits per heavy atom. The fraction of sp³-hybridized carbons (Fsp3) is 0.333. The summed E-state index contributed by atoms with van der Waals surface area (Å²) in [6.07, 6.45) is 6.35. The quantitative estimate of drug-likeness (QED) is 0.868. The Kier molecular flexibility index (Phi) is 3.76. The van der Waals surface area contributed by atoms with Gasteiger partial charge in [-0.15, -0.1) is 0 Å². The molecule has 0 radical (unpaired) electrons. The lowest BCUT2D eigenvalue weighted by atomic mass is 10.1. The number of hydrogen-bond acceptors (Lipinski definition) is 5. The van der Waals surface area contributed by atoms with Crippen LogP contribution in [-0.2, 0) is 10.0 Å². The van der Waals surface area contributed by atoms with Gasteiger partial charge in [-0.1, -0.05) is 22.9 Å². The maximum Gasteiger partial charge on any atom is 0.254 e. The van der Waals surface area contributed by atoms with E-state index in [9.17, 15) is 8.42 Å². The van der Waals surface area contributed by atoms with Gasteiger partial charge >= 0.3 is 0 Å². The Labute approximate surface area is 126 Å². The van der Waals surface area contributed by atoms with E-state index in [1.165, 1.54) is 10.5 Å². The van der Waals surface area contributed by atoms with Crippen LogP contribution in [0.5, 0.6) is 0 Å². The molecule has 1 aliphatic rings. The van der Waals surface area contributed by atoms with Gasteiger partial charge in [0.05, 0.1) is 12.2 Å². The van der Waals surface area contributed by atoms with Gasteiger partial charge in [-0.25, -0.2) is 13.4 Å². The largest absolute Gasteiger partial charge is 0.265 e. The normalized spacial score (nSPS) is 20.4. The zero-order chi connectivity index (χ0) is 14.2. The first-order valence-corrected chi connectivity index (χ1v) is 8.75. The number of nitrogens with zero attached hydrogens (tertiary/aromatic N) is 3. The van der Waals surface area contributed by atoms with Crippen molar-refractivity contribution >= 4 is 33.0 Å². The minimum Gasteiger partial charge on any atom is -0.265 e. The summed E-state index contributed by atoms with van der Waals surface area (Å²) in [5.74, 6) is 0. The fourth-order valence-corrected chi connectivity index (χ4v) is 5.53. The second-order valence-corrected chi connectivity index (χ2v) is 8.22. The molecule has 1 unspecified atom stereocenters. The Hall–Kier alpha value is -1.02. The van der Waals surface area contributed by atoms with E-state index in [1.807, 2.05) is 12.1 Å². The molecule has 2 aromatic rings. The second-order valence-electron chi connectivity index (χ2n) is 4.49. The van der Waals surface area contributed by atoms with E-state index in [0.29, 0.717) is 6.54 Å². The highest BCUT2D eigenvalue weighted by molar-refractivity contribution is 7.91. The first kappa shape index (κ1) is 13.9. The SMILES string of the molecule is O=S(=O)(c1cnc(Cl)s1)N1CCCC1c1ccncc1. The van der Waals surface area contributed by atoms with Gasteiger partial charge in [-0.2, -0.15) is 4.31 Å². The van der Waals surface area contributed by atoms with Gasteiger partial charge in [0.1, 0.15) is 0 Å². The average molecular weight is 330 g/mol. The lowest BCUT2D eigenvalue weighted by Crippen LogP contribution is -2.30. The van der Waals surface area contributed by atoms with E-state index in [0.717, 1.165) is 29.7 Å². The number of sulfonamides is 1. The Balaban J connectivity index is 1.97. The summed E-state index contributed by atoms with van der Waals surface area (Å²) >= 11 is 6.73. The summed E-state index contributed by atoms with van der Waals surface area (Å²) in [6.45, 7) is 0.519. The molecule has 20 heavy (non-hydrogen) atoms. The maximum absolute atomic E-state index is 12.7. The van der Waals surface area contributed by atoms with Crippen molar-refractivity contribution < 1.29 is 8.42 Å². The Morgan fingerprint density at radius 1 is 1.35 bits per heavy atom. The number of rotatable bonds is 3. The van der Waals surface area contributed by atoms with Crippen LogP contribution in [0.2, 0.25) is 4.47 Å². The number of halogens is 1. The zero-order valence-electron chi connectivity index (χ0n) is 10.4. The van der Waals surface area contributed by atoms with Crippen molar-refractivity contribution in [2.45, 2.75) is 23.1 Å². The summed E-state index contributed by atoms with van der Waals surface area (Å²) in [5.41, 5.74) is 0.969. The van der Waals surface area contributed by atoms with Crippen LogP contribution in [0, 0.1) is 0 Å². The van der Waals surface area contributed by atoms with Gasteiger partial charge in [-0.3, -0.25) is 4.98 Å². The van der Waals surface area contributed by atoms with Crippen LogP contribution in [0.4, 0.5) is 0 Å². The highest BCUT2D eigenvalue weighted by Crippen LogP contribution is 2.37. The molecule has 0 aromatic carbocycles. The molecular weight excluding hydrogens is 318 g/mol. The van der Waals surface area contributed by atoms with E-state index >= 15 is 0 Å². The molecular formula is C12H12ClN3O2S2. The maximum atomic E-state index is 12.7. The molecule has 0 bridgehead atoms. The average Bonchev–Trinajstić information content (AvgIpc) is 3.08. The molecule has 1 saturated heterocycles. The number of hydrogen-bond donors (Lipinski definition) is 0. The van der Waals surface area contributed by atoms with Crippen LogP contribution >= 0.6 is 22.9 Å². The van der Waals surface area contributed by atoms with Crippen molar-refractivity contribution in [2.75, 3.05) is 6.54 Å². The van der Waals surface area contributed by atoms with Crippen LogP contribution in [0.3, 0.4) is 0 Å². The molecule has 3 heterocycles. The summed E-state index contributed by atoms with van der Waals surface area (Å²) < 4.78 is 27.3. The van der Waals surface area contributed by atoms with E-state index in [1.54, 1.807) is 12.4 Å². The van der Waals surface area contributed by atoms with Gasteiger partial charge in [0.2, 0.25) is 0 Å². The molecule has 0 N–H and O–H groups in total. The van der Waals surface area contributed by atoms with Crippen molar-refractivity contribution in [3.8, 4) is 0 Å². The van der Waals surface area contributed by atoms with Crippen molar-refractivity contribution in [3.63, 3.8) is 0 Å². The molecule has 1 fully saturated rings. The van der Waals surface area contributed by atoms with Crippen molar-refractivity contribution in [3.05, 3.63) is 40.8 Å². The lowest BCUT2D eigenvalue weighted by molar-refractivity contribution is 0.397. The van der Waals surface area contributed by atoms with Crippen LogP contribution in [0.1, 0.15) is 24.4 Å². The third kappa shape index (κ3) is 2.46. The summed E-state index contributed by atoms with van der Waals surface area (Å²) in [4.78, 5) is 7.79. The first-order valence-electron chi connectivity index (χ1n) is 6.12. The van der Waals surface area contributed by atoms with Gasteiger partial charge in [0, 0.05) is 18.9 Å². The third-order valence-electron chi connectivity index (χ3n) is 3.31. The molecule has 1 aliphatic heterocycles. The highest BCUT2D eigenvalue weighted by Gasteiger charge is 2.37. The van der Waals surface area contributed by atoms with Crippen LogP contribution in [0.25, 0.3) is 0 Å². The monoisotopic (exact) mass is 329 g/mol. The van der Waals surface area contributed by atoms with Crippen LogP contribution < -0.4 is 0 Å². The van der Waals surface area contributed by atoms with Gasteiger partial charge < -0.3 is 0 Å². The van der Waals surface area contributed by atoms with Crippen molar-refractivity contribution in [1.82, 2.24) is 14.3 Å². The van der Waals surface area contributed by atoms with Gasteiger partial charge in [0.25, 0.3) is 10.0 Å². The van der Waals surface area contributed by atoms with Crippen molar-refractivity contribution in [2.24, 2.45) is 0 Å². The zero-order valence-corrected chi connectivity index (χ0v) is 12.8. The molecule has 8 heteroatoms. The topological polar surface area (TPSA) is 63.2 Å². The molecule has 3 rings (SSSR count). The molecule has 0 amide bonds. The lowest BCUT2D eigenvalue weighted by Gasteiger charge is -2.23. The second kappa shape index (κ2) is 5.40. The van der Waals surface area contributed by atoms with Crippen LogP contribution in [0.15, 0.2) is 34.9 Å². The highest BCUT2D eigenvalue weighted by atomic mass is 35.5. The van der Waals surface area contributed by atoms with Crippen LogP contribution in [-0.4, -0.2) is 29.2 Å². The summed E-state index contributed by atoms with van der Waals surface area (Å²) in [7, 11) is -3.53. The molecule has 2 aromatic heterocycles. The summed E-state index contributed by atoms with van der Waals surface area (Å²) in [6, 6.07) is 3.58. The Morgan fingerprint density at radius 3 is 2.75 bits per heavy atom. The van der Waals surface area contributed by atoms with Crippen molar-refractivity contribution in [1.29, 1.82) is 0 Å². The summed E-state index contributed by atoms with van der Waals surface area (Å²) in [5, 5.41) is 0. The molecule has 0 spiro atoms. The molecule has 5 nitrogen and oxygen atoms in total. The third-order valence-corrected chi connectivity index (χ3v) is 6.77. The number of thiazole rings is 1. The van der Waals surface area contributed by atoms with E-state index in [4.69, 9.17) is 11.6 Å². The Bertz CT molecular complexity index is 703. The predicted octanol–water partition coefficient (Wildman–Crippen LogP) is 2.72. The molecule has 1 atom stereocenters. The minimum atomic E-state index is -3.53. The minimum absolute atomic E-state index is 0.135. The predicted molar refractivity (Wildman–Crippen MR) is 77.2 cm³/mol. The standard InChI is InChI=1S/C12H12ClN3O2S2/c13-12-15-8-11(19-12)20(17,18)16-7-1-2-10(16)9-3-5-14-6-4-9/h3-6,8,10H,1-2,7H2. The fourth-order valence-electron chi connectivity index (χ4n) is 2.42. The van der Waals surface area contributed by atoms with E-state index in [2.05, 4.69) is 9.97 Å². The molecule has 106 valence electrons. The molecule has 0 aliphatic carbocycles. The number of pyridine rings is 1. The molecule has 0 saturated carbocycles. The van der Waals surface area contributed by atoms with E-state index < -0.39 is 10.0 Å².